The van der Waals surface area contributed by atoms with Crippen LogP contribution in [0.4, 0.5) is 0 Å². The summed E-state index contributed by atoms with van der Waals surface area (Å²) in [5, 5.41) is 7.64. The summed E-state index contributed by atoms with van der Waals surface area (Å²) in [4.78, 5) is 4.30. The van der Waals surface area contributed by atoms with Gasteiger partial charge in [-0.25, -0.2) is 4.98 Å². The van der Waals surface area contributed by atoms with E-state index in [1.807, 2.05) is 31.2 Å². The summed E-state index contributed by atoms with van der Waals surface area (Å²) in [6, 6.07) is 7.08. The highest BCUT2D eigenvalue weighted by molar-refractivity contribution is 6.30. The lowest BCUT2D eigenvalue weighted by Crippen LogP contribution is -2.13. The first-order chi connectivity index (χ1) is 7.70. The summed E-state index contributed by atoms with van der Waals surface area (Å²) in [6.07, 6.45) is 0.820. The van der Waals surface area contributed by atoms with Crippen molar-refractivity contribution in [2.24, 2.45) is 5.73 Å². The quantitative estimate of drug-likeness (QED) is 0.857. The standard InChI is InChI=1S/C11H13ClN4/c1-2-9-14-11(16-15-9)10(13)7-3-5-8(12)6-4-7/h3-6,10H,2,13H2,1H3,(H,14,15,16)/t10-/m0/s1. The summed E-state index contributed by atoms with van der Waals surface area (Å²) in [6.45, 7) is 2.01. The highest BCUT2D eigenvalue weighted by Gasteiger charge is 2.13. The predicted octanol–water partition coefficient (Wildman–Crippen LogP) is 2.07. The Bertz CT molecular complexity index is 463. The number of aromatic nitrogens is 3. The second-order valence-electron chi connectivity index (χ2n) is 3.52. The normalized spacial score (nSPS) is 12.7. The van der Waals surface area contributed by atoms with Crippen molar-refractivity contribution in [3.63, 3.8) is 0 Å². The summed E-state index contributed by atoms with van der Waals surface area (Å²) < 4.78 is 0. The molecule has 0 amide bonds. The fraction of sp³-hybridized carbons (Fsp3) is 0.273. The molecule has 1 atom stereocenters. The average Bonchev–Trinajstić information content (AvgIpc) is 2.77. The number of halogens is 1. The molecule has 3 N–H and O–H groups in total. The topological polar surface area (TPSA) is 67.6 Å². The van der Waals surface area contributed by atoms with Crippen molar-refractivity contribution in [3.8, 4) is 0 Å². The smallest absolute Gasteiger partial charge is 0.171 e. The van der Waals surface area contributed by atoms with Crippen LogP contribution in [0.15, 0.2) is 24.3 Å². The van der Waals surface area contributed by atoms with Crippen LogP contribution < -0.4 is 5.73 Å². The summed E-state index contributed by atoms with van der Waals surface area (Å²) in [7, 11) is 0. The number of hydrogen-bond acceptors (Lipinski definition) is 3. The lowest BCUT2D eigenvalue weighted by atomic mass is 10.1. The minimum atomic E-state index is -0.311. The number of hydrogen-bond donors (Lipinski definition) is 2. The highest BCUT2D eigenvalue weighted by atomic mass is 35.5. The van der Waals surface area contributed by atoms with Gasteiger partial charge in [0.1, 0.15) is 5.82 Å². The number of H-pyrrole nitrogens is 1. The maximum absolute atomic E-state index is 6.05. The van der Waals surface area contributed by atoms with E-state index in [0.717, 1.165) is 17.8 Å². The van der Waals surface area contributed by atoms with Crippen LogP contribution in [-0.2, 0) is 6.42 Å². The maximum atomic E-state index is 6.05. The van der Waals surface area contributed by atoms with Gasteiger partial charge >= 0.3 is 0 Å². The van der Waals surface area contributed by atoms with Crippen LogP contribution >= 0.6 is 11.6 Å². The molecule has 0 aliphatic rings. The number of rotatable bonds is 3. The first-order valence-corrected chi connectivity index (χ1v) is 5.50. The summed E-state index contributed by atoms with van der Waals surface area (Å²) in [5.74, 6) is 1.46. The van der Waals surface area contributed by atoms with Gasteiger partial charge in [0.15, 0.2) is 5.82 Å². The van der Waals surface area contributed by atoms with E-state index in [2.05, 4.69) is 15.2 Å². The van der Waals surface area contributed by atoms with Crippen molar-refractivity contribution in [3.05, 3.63) is 46.5 Å². The Morgan fingerprint density at radius 3 is 2.62 bits per heavy atom. The van der Waals surface area contributed by atoms with Crippen molar-refractivity contribution in [1.82, 2.24) is 15.2 Å². The van der Waals surface area contributed by atoms with E-state index < -0.39 is 0 Å². The van der Waals surface area contributed by atoms with E-state index in [-0.39, 0.29) is 6.04 Å². The van der Waals surface area contributed by atoms with Crippen LogP contribution in [0, 0.1) is 0 Å². The fourth-order valence-corrected chi connectivity index (χ4v) is 1.55. The Morgan fingerprint density at radius 1 is 1.38 bits per heavy atom. The zero-order valence-corrected chi connectivity index (χ0v) is 9.70. The van der Waals surface area contributed by atoms with E-state index in [1.165, 1.54) is 0 Å². The van der Waals surface area contributed by atoms with Crippen LogP contribution in [0.25, 0.3) is 0 Å². The van der Waals surface area contributed by atoms with Crippen molar-refractivity contribution in [2.75, 3.05) is 0 Å². The van der Waals surface area contributed by atoms with E-state index in [1.54, 1.807) is 0 Å². The Hall–Kier alpha value is -1.39. The Morgan fingerprint density at radius 2 is 2.06 bits per heavy atom. The fourth-order valence-electron chi connectivity index (χ4n) is 1.43. The van der Waals surface area contributed by atoms with Gasteiger partial charge < -0.3 is 5.73 Å². The van der Waals surface area contributed by atoms with Crippen molar-refractivity contribution < 1.29 is 0 Å². The summed E-state index contributed by atoms with van der Waals surface area (Å²) in [5.41, 5.74) is 7.00. The van der Waals surface area contributed by atoms with Gasteiger partial charge in [-0.2, -0.15) is 5.10 Å². The van der Waals surface area contributed by atoms with Gasteiger partial charge in [0.25, 0.3) is 0 Å². The first kappa shape index (κ1) is 11.1. The third-order valence-electron chi connectivity index (χ3n) is 2.39. The van der Waals surface area contributed by atoms with E-state index in [9.17, 15) is 0 Å². The van der Waals surface area contributed by atoms with E-state index >= 15 is 0 Å². The lowest BCUT2D eigenvalue weighted by molar-refractivity contribution is 0.787. The minimum absolute atomic E-state index is 0.311. The second-order valence-corrected chi connectivity index (χ2v) is 3.96. The lowest BCUT2D eigenvalue weighted by Gasteiger charge is -2.07. The molecule has 0 saturated heterocycles. The predicted molar refractivity (Wildman–Crippen MR) is 63.2 cm³/mol. The zero-order chi connectivity index (χ0) is 11.5. The van der Waals surface area contributed by atoms with Gasteiger partial charge in [-0.1, -0.05) is 30.7 Å². The molecule has 1 aromatic heterocycles. The maximum Gasteiger partial charge on any atom is 0.171 e. The molecule has 0 aliphatic heterocycles. The molecule has 1 aromatic carbocycles. The molecule has 0 fully saturated rings. The van der Waals surface area contributed by atoms with Crippen molar-refractivity contribution >= 4 is 11.6 Å². The molecule has 0 saturated carbocycles. The first-order valence-electron chi connectivity index (χ1n) is 5.13. The molecule has 84 valence electrons. The van der Waals surface area contributed by atoms with Gasteiger partial charge in [-0.3, -0.25) is 5.10 Å². The number of benzene rings is 1. The Labute approximate surface area is 98.8 Å². The number of nitrogens with one attached hydrogen (secondary N) is 1. The third kappa shape index (κ3) is 2.23. The minimum Gasteiger partial charge on any atom is -0.318 e. The molecule has 0 radical (unpaired) electrons. The Kier molecular flexibility index (Phi) is 3.22. The molecule has 0 unspecified atom stereocenters. The molecule has 16 heavy (non-hydrogen) atoms. The van der Waals surface area contributed by atoms with Crippen molar-refractivity contribution in [1.29, 1.82) is 0 Å². The number of aromatic amines is 1. The van der Waals surface area contributed by atoms with Crippen LogP contribution in [0.3, 0.4) is 0 Å². The van der Waals surface area contributed by atoms with Crippen LogP contribution in [0.5, 0.6) is 0 Å². The molecule has 0 aliphatic carbocycles. The van der Waals surface area contributed by atoms with Gasteiger partial charge in [0, 0.05) is 11.4 Å². The molecule has 1 heterocycles. The highest BCUT2D eigenvalue weighted by Crippen LogP contribution is 2.18. The van der Waals surface area contributed by atoms with Crippen LogP contribution in [0.2, 0.25) is 5.02 Å². The van der Waals surface area contributed by atoms with Gasteiger partial charge in [0.05, 0.1) is 6.04 Å². The van der Waals surface area contributed by atoms with E-state index in [4.69, 9.17) is 17.3 Å². The van der Waals surface area contributed by atoms with Gasteiger partial charge in [-0.15, -0.1) is 0 Å². The monoisotopic (exact) mass is 236 g/mol. The molecule has 5 heteroatoms. The van der Waals surface area contributed by atoms with Crippen molar-refractivity contribution in [2.45, 2.75) is 19.4 Å². The molecule has 2 rings (SSSR count). The largest absolute Gasteiger partial charge is 0.318 e. The number of aryl methyl sites for hydroxylation is 1. The van der Waals surface area contributed by atoms with Crippen LogP contribution in [0.1, 0.15) is 30.2 Å². The third-order valence-corrected chi connectivity index (χ3v) is 2.64. The number of nitrogens with two attached hydrogens (primary N) is 1. The zero-order valence-electron chi connectivity index (χ0n) is 8.94. The van der Waals surface area contributed by atoms with Crippen LogP contribution in [-0.4, -0.2) is 15.2 Å². The van der Waals surface area contributed by atoms with Gasteiger partial charge in [0.2, 0.25) is 0 Å². The molecular formula is C11H13ClN4. The Balaban J connectivity index is 2.24. The number of nitrogens with zero attached hydrogens (tertiary/aromatic N) is 2. The average molecular weight is 237 g/mol. The SMILES string of the molecule is CCc1nc([C@@H](N)c2ccc(Cl)cc2)n[nH]1. The molecular weight excluding hydrogens is 224 g/mol. The molecule has 4 nitrogen and oxygen atoms in total. The summed E-state index contributed by atoms with van der Waals surface area (Å²) >= 11 is 5.81. The molecule has 2 aromatic rings. The molecule has 0 spiro atoms. The van der Waals surface area contributed by atoms with Gasteiger partial charge in [-0.05, 0) is 17.7 Å². The van der Waals surface area contributed by atoms with E-state index in [0.29, 0.717) is 10.8 Å². The molecule has 0 bridgehead atoms. The second kappa shape index (κ2) is 4.63.